The van der Waals surface area contributed by atoms with Gasteiger partial charge in [-0.3, -0.25) is 4.79 Å². The number of rotatable bonds is 5. The second-order valence-electron chi connectivity index (χ2n) is 3.15. The number of unbranched alkanes of at least 4 members (excludes halogenated alkanes) is 1. The minimum Gasteiger partial charge on any atom is -0.298 e. The predicted molar refractivity (Wildman–Crippen MR) is 57.2 cm³/mol. The van der Waals surface area contributed by atoms with Crippen LogP contribution >= 0.6 is 11.3 Å². The molecule has 1 atom stereocenters. The van der Waals surface area contributed by atoms with Crippen LogP contribution in [0.5, 0.6) is 0 Å². The van der Waals surface area contributed by atoms with Gasteiger partial charge in [-0.05, 0) is 17.9 Å². The van der Waals surface area contributed by atoms with Gasteiger partial charge >= 0.3 is 0 Å². The lowest BCUT2D eigenvalue weighted by molar-refractivity contribution is -0.119. The molecule has 0 aliphatic rings. The van der Waals surface area contributed by atoms with Gasteiger partial charge in [0.2, 0.25) is 0 Å². The number of ketones is 1. The van der Waals surface area contributed by atoms with E-state index in [1.54, 1.807) is 0 Å². The Kier molecular flexibility index (Phi) is 4.34. The lowest BCUT2D eigenvalue weighted by atomic mass is 10.00. The van der Waals surface area contributed by atoms with Crippen molar-refractivity contribution in [2.45, 2.75) is 32.1 Å². The molecule has 74 valence electrons. The molecule has 0 aliphatic heterocycles. The molecule has 14 heavy (non-hydrogen) atoms. The van der Waals surface area contributed by atoms with Gasteiger partial charge in [-0.15, -0.1) is 11.3 Å². The number of nitrogens with zero attached hydrogens (tertiary/aromatic N) is 1. The van der Waals surface area contributed by atoms with Crippen LogP contribution in [0, 0.1) is 11.3 Å². The van der Waals surface area contributed by atoms with Crippen LogP contribution in [0.2, 0.25) is 0 Å². The molecule has 1 rings (SSSR count). The fourth-order valence-electron chi connectivity index (χ4n) is 1.25. The topological polar surface area (TPSA) is 40.9 Å². The number of carbonyl (C=O) groups is 1. The zero-order valence-corrected chi connectivity index (χ0v) is 9.01. The molecular formula is C11H13NOS. The Morgan fingerprint density at radius 2 is 2.50 bits per heavy atom. The largest absolute Gasteiger partial charge is 0.298 e. The number of thiophene rings is 1. The van der Waals surface area contributed by atoms with E-state index in [0.717, 1.165) is 17.7 Å². The molecule has 0 fully saturated rings. The number of Topliss-reactive ketones (excluding diaryl/α,β-unsaturated/α-hetero) is 1. The lowest BCUT2D eigenvalue weighted by Crippen LogP contribution is -2.08. The van der Waals surface area contributed by atoms with Gasteiger partial charge in [0.15, 0.2) is 5.78 Å². The van der Waals surface area contributed by atoms with E-state index in [9.17, 15) is 4.79 Å². The maximum absolute atomic E-state index is 11.6. The van der Waals surface area contributed by atoms with Crippen LogP contribution in [-0.4, -0.2) is 5.78 Å². The van der Waals surface area contributed by atoms with Crippen molar-refractivity contribution in [2.75, 3.05) is 0 Å². The van der Waals surface area contributed by atoms with Crippen LogP contribution in [0.15, 0.2) is 17.5 Å². The summed E-state index contributed by atoms with van der Waals surface area (Å²) in [6, 6.07) is 5.80. The Hall–Kier alpha value is -1.14. The fourth-order valence-corrected chi connectivity index (χ4v) is 2.04. The second-order valence-corrected chi connectivity index (χ2v) is 4.13. The van der Waals surface area contributed by atoms with Crippen LogP contribution in [0.4, 0.5) is 0 Å². The van der Waals surface area contributed by atoms with E-state index in [1.165, 1.54) is 11.3 Å². The van der Waals surface area contributed by atoms with Crippen molar-refractivity contribution in [3.8, 4) is 6.07 Å². The molecule has 3 heteroatoms. The van der Waals surface area contributed by atoms with Gasteiger partial charge < -0.3 is 0 Å². The third-order valence-electron chi connectivity index (χ3n) is 2.06. The lowest BCUT2D eigenvalue weighted by Gasteiger charge is -2.04. The molecule has 1 unspecified atom stereocenters. The first-order valence-electron chi connectivity index (χ1n) is 4.75. The Morgan fingerprint density at radius 3 is 3.00 bits per heavy atom. The van der Waals surface area contributed by atoms with E-state index in [0.29, 0.717) is 6.42 Å². The Balaban J connectivity index is 2.64. The van der Waals surface area contributed by atoms with E-state index in [4.69, 9.17) is 5.26 Å². The average Bonchev–Trinajstić information content (AvgIpc) is 2.69. The van der Waals surface area contributed by atoms with Crippen molar-refractivity contribution in [1.82, 2.24) is 0 Å². The highest BCUT2D eigenvalue weighted by Gasteiger charge is 2.19. The van der Waals surface area contributed by atoms with Crippen molar-refractivity contribution in [3.63, 3.8) is 0 Å². The third-order valence-corrected chi connectivity index (χ3v) is 2.99. The molecule has 1 aromatic rings. The monoisotopic (exact) mass is 207 g/mol. The fraction of sp³-hybridized carbons (Fsp3) is 0.455. The molecule has 0 saturated carbocycles. The Bertz CT molecular complexity index is 324. The van der Waals surface area contributed by atoms with Crippen LogP contribution in [0.25, 0.3) is 0 Å². The van der Waals surface area contributed by atoms with Crippen molar-refractivity contribution < 1.29 is 4.79 Å². The highest BCUT2D eigenvalue weighted by atomic mass is 32.1. The first-order valence-corrected chi connectivity index (χ1v) is 5.63. The summed E-state index contributed by atoms with van der Waals surface area (Å²) in [5, 5.41) is 10.8. The molecular weight excluding hydrogens is 194 g/mol. The standard InChI is InChI=1S/C11H13NOS/c1-2-3-5-10(13)9(8-12)11-6-4-7-14-11/h4,6-7,9H,2-3,5H2,1H3. The Morgan fingerprint density at radius 1 is 1.71 bits per heavy atom. The van der Waals surface area contributed by atoms with Crippen LogP contribution in [-0.2, 0) is 4.79 Å². The summed E-state index contributed by atoms with van der Waals surface area (Å²) in [6.45, 7) is 2.04. The molecule has 0 N–H and O–H groups in total. The van der Waals surface area contributed by atoms with Gasteiger partial charge in [0.05, 0.1) is 6.07 Å². The summed E-state index contributed by atoms with van der Waals surface area (Å²) in [5.41, 5.74) is 0. The summed E-state index contributed by atoms with van der Waals surface area (Å²) in [6.07, 6.45) is 2.39. The molecule has 0 aliphatic carbocycles. The van der Waals surface area contributed by atoms with E-state index in [-0.39, 0.29) is 5.78 Å². The van der Waals surface area contributed by atoms with Crippen molar-refractivity contribution in [1.29, 1.82) is 5.26 Å². The van der Waals surface area contributed by atoms with Crippen LogP contribution < -0.4 is 0 Å². The predicted octanol–water partition coefficient (Wildman–Crippen LogP) is 3.11. The van der Waals surface area contributed by atoms with E-state index in [2.05, 4.69) is 6.07 Å². The molecule has 0 radical (unpaired) electrons. The molecule has 0 bridgehead atoms. The van der Waals surface area contributed by atoms with Crippen molar-refractivity contribution >= 4 is 17.1 Å². The molecule has 0 aromatic carbocycles. The normalized spacial score (nSPS) is 12.0. The first kappa shape index (κ1) is 10.9. The van der Waals surface area contributed by atoms with E-state index < -0.39 is 5.92 Å². The van der Waals surface area contributed by atoms with Gasteiger partial charge in [-0.1, -0.05) is 19.4 Å². The zero-order chi connectivity index (χ0) is 10.4. The average molecular weight is 207 g/mol. The summed E-state index contributed by atoms with van der Waals surface area (Å²) in [5.74, 6) is -0.488. The van der Waals surface area contributed by atoms with Crippen molar-refractivity contribution in [3.05, 3.63) is 22.4 Å². The van der Waals surface area contributed by atoms with Crippen LogP contribution in [0.1, 0.15) is 37.0 Å². The van der Waals surface area contributed by atoms with Gasteiger partial charge in [-0.25, -0.2) is 0 Å². The highest BCUT2D eigenvalue weighted by molar-refractivity contribution is 7.10. The SMILES string of the molecule is CCCCC(=O)C(C#N)c1cccs1. The maximum atomic E-state index is 11.6. The second kappa shape index (κ2) is 5.56. The number of carbonyl (C=O) groups excluding carboxylic acids is 1. The number of hydrogen-bond donors (Lipinski definition) is 0. The minimum absolute atomic E-state index is 0.0526. The van der Waals surface area contributed by atoms with Gasteiger partial charge in [-0.2, -0.15) is 5.26 Å². The van der Waals surface area contributed by atoms with Gasteiger partial charge in [0, 0.05) is 11.3 Å². The summed E-state index contributed by atoms with van der Waals surface area (Å²) in [7, 11) is 0. The number of hydrogen-bond acceptors (Lipinski definition) is 3. The van der Waals surface area contributed by atoms with Gasteiger partial charge in [0.1, 0.15) is 5.92 Å². The zero-order valence-electron chi connectivity index (χ0n) is 8.19. The van der Waals surface area contributed by atoms with E-state index in [1.807, 2.05) is 24.4 Å². The first-order chi connectivity index (χ1) is 6.79. The van der Waals surface area contributed by atoms with Crippen LogP contribution in [0.3, 0.4) is 0 Å². The molecule has 1 heterocycles. The number of nitriles is 1. The van der Waals surface area contributed by atoms with E-state index >= 15 is 0 Å². The maximum Gasteiger partial charge on any atom is 0.155 e. The molecule has 2 nitrogen and oxygen atoms in total. The third kappa shape index (κ3) is 2.68. The summed E-state index contributed by atoms with van der Waals surface area (Å²) < 4.78 is 0. The smallest absolute Gasteiger partial charge is 0.155 e. The quantitative estimate of drug-likeness (QED) is 0.744. The molecule has 0 spiro atoms. The molecule has 0 amide bonds. The summed E-state index contributed by atoms with van der Waals surface area (Å²) >= 11 is 1.47. The molecule has 1 aromatic heterocycles. The molecule has 0 saturated heterocycles. The summed E-state index contributed by atoms with van der Waals surface area (Å²) in [4.78, 5) is 12.5. The Labute approximate surface area is 88.2 Å². The van der Waals surface area contributed by atoms with Crippen molar-refractivity contribution in [2.24, 2.45) is 0 Å². The highest BCUT2D eigenvalue weighted by Crippen LogP contribution is 2.23. The minimum atomic E-state index is -0.540. The van der Waals surface area contributed by atoms with Gasteiger partial charge in [0.25, 0.3) is 0 Å².